The third kappa shape index (κ3) is 3.54. The summed E-state index contributed by atoms with van der Waals surface area (Å²) in [5.74, 6) is 0. The van der Waals surface area contributed by atoms with Crippen molar-refractivity contribution in [1.82, 2.24) is 10.6 Å². The minimum atomic E-state index is -0.107. The highest BCUT2D eigenvalue weighted by Gasteiger charge is 2.41. The quantitative estimate of drug-likeness (QED) is 0.616. The summed E-state index contributed by atoms with van der Waals surface area (Å²) >= 11 is 0. The van der Waals surface area contributed by atoms with Crippen molar-refractivity contribution in [3.8, 4) is 0 Å². The Balaban J connectivity index is 2.17. The molecule has 2 amide bonds. The molecule has 0 aromatic rings. The molecule has 82 valence electrons. The first-order valence-corrected chi connectivity index (χ1v) is 5.23. The number of rotatable bonds is 5. The molecule has 0 spiro atoms. The maximum atomic E-state index is 11.2. The van der Waals surface area contributed by atoms with Crippen molar-refractivity contribution >= 4 is 6.03 Å². The molecule has 14 heavy (non-hydrogen) atoms. The van der Waals surface area contributed by atoms with Crippen LogP contribution in [0.15, 0.2) is 0 Å². The molecule has 0 heterocycles. The molecule has 1 saturated carbocycles. The Morgan fingerprint density at radius 3 is 2.57 bits per heavy atom. The fraction of sp³-hybridized carbons (Fsp3) is 0.900. The van der Waals surface area contributed by atoms with E-state index in [0.717, 1.165) is 19.3 Å². The number of carbonyl (C=O) groups is 1. The van der Waals surface area contributed by atoms with Crippen molar-refractivity contribution < 1.29 is 9.90 Å². The molecule has 0 saturated heterocycles. The third-order valence-corrected chi connectivity index (χ3v) is 2.64. The second-order valence-corrected chi connectivity index (χ2v) is 4.46. The lowest BCUT2D eigenvalue weighted by Gasteiger charge is -2.16. The van der Waals surface area contributed by atoms with Gasteiger partial charge in [-0.25, -0.2) is 4.79 Å². The van der Waals surface area contributed by atoms with Crippen molar-refractivity contribution in [3.05, 3.63) is 0 Å². The van der Waals surface area contributed by atoms with E-state index < -0.39 is 0 Å². The molecule has 0 atom stereocenters. The van der Waals surface area contributed by atoms with Crippen LogP contribution in [-0.4, -0.2) is 30.3 Å². The van der Waals surface area contributed by atoms with Crippen LogP contribution in [0.5, 0.6) is 0 Å². The molecule has 1 aliphatic carbocycles. The van der Waals surface area contributed by atoms with Gasteiger partial charge in [0.2, 0.25) is 0 Å². The molecule has 0 radical (unpaired) electrons. The molecule has 0 bridgehead atoms. The molecule has 0 unspecified atom stereocenters. The van der Waals surface area contributed by atoms with Crippen LogP contribution in [0.3, 0.4) is 0 Å². The predicted molar refractivity (Wildman–Crippen MR) is 55.0 cm³/mol. The summed E-state index contributed by atoms with van der Waals surface area (Å²) in [5, 5.41) is 14.4. The van der Waals surface area contributed by atoms with Crippen LogP contribution in [0.2, 0.25) is 0 Å². The summed E-state index contributed by atoms with van der Waals surface area (Å²) in [6.07, 6.45) is 3.04. The zero-order valence-corrected chi connectivity index (χ0v) is 8.97. The number of aliphatic hydroxyl groups is 1. The maximum absolute atomic E-state index is 11.2. The highest BCUT2D eigenvalue weighted by Crippen LogP contribution is 2.47. The number of aliphatic hydroxyl groups excluding tert-OH is 1. The van der Waals surface area contributed by atoms with Crippen LogP contribution < -0.4 is 10.6 Å². The van der Waals surface area contributed by atoms with Crippen molar-refractivity contribution in [2.45, 2.75) is 39.2 Å². The molecule has 1 fully saturated rings. The van der Waals surface area contributed by atoms with Crippen LogP contribution in [0.1, 0.15) is 33.1 Å². The molecule has 4 nitrogen and oxygen atoms in total. The van der Waals surface area contributed by atoms with Gasteiger partial charge in [-0.15, -0.1) is 0 Å². The van der Waals surface area contributed by atoms with E-state index in [1.54, 1.807) is 0 Å². The molecule has 3 N–H and O–H groups in total. The molecule has 0 aromatic carbocycles. The summed E-state index contributed by atoms with van der Waals surface area (Å²) < 4.78 is 0. The van der Waals surface area contributed by atoms with Crippen LogP contribution in [0, 0.1) is 5.41 Å². The normalized spacial score (nSPS) is 18.0. The average molecular weight is 200 g/mol. The molecular formula is C10H20N2O2. The van der Waals surface area contributed by atoms with Crippen LogP contribution in [0.4, 0.5) is 4.79 Å². The predicted octanol–water partition coefficient (Wildman–Crippen LogP) is 0.857. The monoisotopic (exact) mass is 200 g/mol. The first-order valence-electron chi connectivity index (χ1n) is 5.23. The number of nitrogens with one attached hydrogen (secondary N) is 2. The average Bonchev–Trinajstić information content (AvgIpc) is 2.82. The minimum Gasteiger partial charge on any atom is -0.396 e. The molecule has 4 heteroatoms. The van der Waals surface area contributed by atoms with Gasteiger partial charge < -0.3 is 15.7 Å². The number of hydrogen-bond donors (Lipinski definition) is 3. The first-order chi connectivity index (χ1) is 6.58. The van der Waals surface area contributed by atoms with Crippen molar-refractivity contribution in [3.63, 3.8) is 0 Å². The van der Waals surface area contributed by atoms with Crippen molar-refractivity contribution in [2.75, 3.05) is 13.2 Å². The molecule has 1 aliphatic rings. The SMILES string of the molecule is CC(C)NC(=O)NCC1(CCO)CC1. The van der Waals surface area contributed by atoms with E-state index in [1.807, 2.05) is 13.8 Å². The topological polar surface area (TPSA) is 61.4 Å². The van der Waals surface area contributed by atoms with Gasteiger partial charge in [0, 0.05) is 19.2 Å². The summed E-state index contributed by atoms with van der Waals surface area (Å²) in [4.78, 5) is 11.2. The van der Waals surface area contributed by atoms with Gasteiger partial charge in [-0.05, 0) is 38.5 Å². The van der Waals surface area contributed by atoms with Gasteiger partial charge >= 0.3 is 6.03 Å². The minimum absolute atomic E-state index is 0.107. The lowest BCUT2D eigenvalue weighted by Crippen LogP contribution is -2.42. The Morgan fingerprint density at radius 1 is 1.50 bits per heavy atom. The van der Waals surface area contributed by atoms with Gasteiger partial charge in [0.1, 0.15) is 0 Å². The highest BCUT2D eigenvalue weighted by atomic mass is 16.3. The van der Waals surface area contributed by atoms with Gasteiger partial charge in [0.15, 0.2) is 0 Å². The summed E-state index contributed by atoms with van der Waals surface area (Å²) in [6.45, 7) is 4.76. The lowest BCUT2D eigenvalue weighted by atomic mass is 10.0. The van der Waals surface area contributed by atoms with Crippen LogP contribution in [0.25, 0.3) is 0 Å². The maximum Gasteiger partial charge on any atom is 0.315 e. The lowest BCUT2D eigenvalue weighted by molar-refractivity contribution is 0.226. The van der Waals surface area contributed by atoms with Gasteiger partial charge in [0.05, 0.1) is 0 Å². The first kappa shape index (κ1) is 11.3. The number of amides is 2. The van der Waals surface area contributed by atoms with Gasteiger partial charge in [-0.2, -0.15) is 0 Å². The standard InChI is InChI=1S/C10H20N2O2/c1-8(2)12-9(14)11-7-10(3-4-10)5-6-13/h8,13H,3-7H2,1-2H3,(H2,11,12,14). The van der Waals surface area contributed by atoms with E-state index in [2.05, 4.69) is 10.6 Å². The fourth-order valence-corrected chi connectivity index (χ4v) is 1.51. The molecule has 0 aromatic heterocycles. The zero-order chi connectivity index (χ0) is 10.6. The summed E-state index contributed by atoms with van der Waals surface area (Å²) in [5.41, 5.74) is 0.197. The third-order valence-electron chi connectivity index (χ3n) is 2.64. The molecule has 0 aliphatic heterocycles. The Bertz CT molecular complexity index is 200. The smallest absolute Gasteiger partial charge is 0.315 e. The second-order valence-electron chi connectivity index (χ2n) is 4.46. The largest absolute Gasteiger partial charge is 0.396 e. The van der Waals surface area contributed by atoms with Gasteiger partial charge in [-0.3, -0.25) is 0 Å². The van der Waals surface area contributed by atoms with Gasteiger partial charge in [-0.1, -0.05) is 0 Å². The van der Waals surface area contributed by atoms with E-state index in [1.165, 1.54) is 0 Å². The van der Waals surface area contributed by atoms with Crippen molar-refractivity contribution in [2.24, 2.45) is 5.41 Å². The van der Waals surface area contributed by atoms with Gasteiger partial charge in [0.25, 0.3) is 0 Å². The van der Waals surface area contributed by atoms with Crippen molar-refractivity contribution in [1.29, 1.82) is 0 Å². The number of carbonyl (C=O) groups excluding carboxylic acids is 1. The number of hydrogen-bond acceptors (Lipinski definition) is 2. The Labute approximate surface area is 85.1 Å². The Kier molecular flexibility index (Phi) is 3.75. The van der Waals surface area contributed by atoms with E-state index in [0.29, 0.717) is 6.54 Å². The second kappa shape index (κ2) is 4.64. The van der Waals surface area contributed by atoms with Crippen LogP contribution >= 0.6 is 0 Å². The van der Waals surface area contributed by atoms with E-state index >= 15 is 0 Å². The number of urea groups is 1. The van der Waals surface area contributed by atoms with E-state index in [4.69, 9.17) is 5.11 Å². The molecular weight excluding hydrogens is 180 g/mol. The molecule has 1 rings (SSSR count). The zero-order valence-electron chi connectivity index (χ0n) is 8.97. The Hall–Kier alpha value is -0.770. The Morgan fingerprint density at radius 2 is 2.14 bits per heavy atom. The fourth-order valence-electron chi connectivity index (χ4n) is 1.51. The van der Waals surface area contributed by atoms with E-state index in [9.17, 15) is 4.79 Å². The summed E-state index contributed by atoms with van der Waals surface area (Å²) in [7, 11) is 0. The highest BCUT2D eigenvalue weighted by molar-refractivity contribution is 5.74. The van der Waals surface area contributed by atoms with E-state index in [-0.39, 0.29) is 24.1 Å². The summed E-state index contributed by atoms with van der Waals surface area (Å²) in [6, 6.07) is 0.0622. The van der Waals surface area contributed by atoms with Crippen LogP contribution in [-0.2, 0) is 0 Å².